The van der Waals surface area contributed by atoms with Crippen molar-refractivity contribution in [3.63, 3.8) is 0 Å². The van der Waals surface area contributed by atoms with Gasteiger partial charge in [-0.1, -0.05) is 0 Å². The molecule has 0 bridgehead atoms. The van der Waals surface area contributed by atoms with Crippen molar-refractivity contribution in [2.45, 2.75) is 6.92 Å². The minimum Gasteiger partial charge on any atom is -0.478 e. The van der Waals surface area contributed by atoms with Crippen molar-refractivity contribution in [2.24, 2.45) is 5.73 Å². The SMILES string of the molecule is CCOc1ccc(-c2ccnc(Nc3ccc(C(N)=O)cc3)n2)cn1. The molecule has 0 aliphatic rings. The van der Waals surface area contributed by atoms with Crippen molar-refractivity contribution in [3.8, 4) is 17.1 Å². The van der Waals surface area contributed by atoms with Crippen molar-refractivity contribution < 1.29 is 9.53 Å². The first kappa shape index (κ1) is 16.4. The standard InChI is InChI=1S/C18H17N5O2/c1-2-25-16-8-5-13(11-21-16)15-9-10-20-18(23-15)22-14-6-3-12(4-7-14)17(19)24/h3-11H,2H2,1H3,(H2,19,24)(H,20,22,23). The van der Waals surface area contributed by atoms with Crippen molar-refractivity contribution in [3.05, 3.63) is 60.4 Å². The highest BCUT2D eigenvalue weighted by Crippen LogP contribution is 2.20. The first-order chi connectivity index (χ1) is 12.2. The number of amides is 1. The van der Waals surface area contributed by atoms with Gasteiger partial charge in [-0.05, 0) is 43.3 Å². The van der Waals surface area contributed by atoms with Gasteiger partial charge in [-0.15, -0.1) is 0 Å². The molecule has 0 saturated heterocycles. The Morgan fingerprint density at radius 3 is 2.56 bits per heavy atom. The molecule has 0 aliphatic carbocycles. The van der Waals surface area contributed by atoms with E-state index in [1.54, 1.807) is 48.8 Å². The van der Waals surface area contributed by atoms with Crippen molar-refractivity contribution >= 4 is 17.5 Å². The molecule has 7 nitrogen and oxygen atoms in total. The summed E-state index contributed by atoms with van der Waals surface area (Å²) in [5, 5.41) is 3.09. The van der Waals surface area contributed by atoms with E-state index in [4.69, 9.17) is 10.5 Å². The number of hydrogen-bond acceptors (Lipinski definition) is 6. The van der Waals surface area contributed by atoms with E-state index in [2.05, 4.69) is 20.3 Å². The van der Waals surface area contributed by atoms with Gasteiger partial charge < -0.3 is 15.8 Å². The first-order valence-corrected chi connectivity index (χ1v) is 7.75. The van der Waals surface area contributed by atoms with Crippen molar-refractivity contribution in [1.29, 1.82) is 0 Å². The number of nitrogens with one attached hydrogen (secondary N) is 1. The average molecular weight is 335 g/mol. The molecule has 2 aromatic heterocycles. The van der Waals surface area contributed by atoms with Crippen LogP contribution in [0.5, 0.6) is 5.88 Å². The molecule has 1 amide bonds. The maximum absolute atomic E-state index is 11.1. The molecule has 3 aromatic rings. The van der Waals surface area contributed by atoms with Crippen LogP contribution in [0.3, 0.4) is 0 Å². The molecule has 7 heteroatoms. The zero-order valence-electron chi connectivity index (χ0n) is 13.6. The summed E-state index contributed by atoms with van der Waals surface area (Å²) in [5.74, 6) is 0.555. The van der Waals surface area contributed by atoms with Crippen LogP contribution in [0.4, 0.5) is 11.6 Å². The van der Waals surface area contributed by atoms with Gasteiger partial charge in [0.15, 0.2) is 0 Å². The topological polar surface area (TPSA) is 103 Å². The summed E-state index contributed by atoms with van der Waals surface area (Å²) in [4.78, 5) is 24.0. The van der Waals surface area contributed by atoms with E-state index in [0.29, 0.717) is 24.0 Å². The number of carbonyl (C=O) groups is 1. The number of rotatable bonds is 6. The van der Waals surface area contributed by atoms with E-state index >= 15 is 0 Å². The molecule has 0 radical (unpaired) electrons. The van der Waals surface area contributed by atoms with Crippen LogP contribution in [0.1, 0.15) is 17.3 Å². The van der Waals surface area contributed by atoms with Gasteiger partial charge in [0.1, 0.15) is 0 Å². The molecule has 25 heavy (non-hydrogen) atoms. The van der Waals surface area contributed by atoms with Crippen LogP contribution < -0.4 is 15.8 Å². The summed E-state index contributed by atoms with van der Waals surface area (Å²) in [6, 6.07) is 12.3. The summed E-state index contributed by atoms with van der Waals surface area (Å²) < 4.78 is 5.34. The number of hydrogen-bond donors (Lipinski definition) is 2. The normalized spacial score (nSPS) is 10.3. The van der Waals surface area contributed by atoms with E-state index in [9.17, 15) is 4.79 Å². The lowest BCUT2D eigenvalue weighted by atomic mass is 10.2. The fraction of sp³-hybridized carbons (Fsp3) is 0.111. The summed E-state index contributed by atoms with van der Waals surface area (Å²) in [5.41, 5.74) is 8.03. The van der Waals surface area contributed by atoms with E-state index in [-0.39, 0.29) is 0 Å². The molecule has 0 atom stereocenters. The summed E-state index contributed by atoms with van der Waals surface area (Å²) >= 11 is 0. The fourth-order valence-corrected chi connectivity index (χ4v) is 2.19. The molecule has 126 valence electrons. The molecule has 0 aliphatic heterocycles. The molecule has 2 heterocycles. The lowest BCUT2D eigenvalue weighted by molar-refractivity contribution is 0.100. The zero-order chi connectivity index (χ0) is 17.6. The second-order valence-corrected chi connectivity index (χ2v) is 5.15. The number of aromatic nitrogens is 3. The number of carbonyl (C=O) groups excluding carboxylic acids is 1. The van der Waals surface area contributed by atoms with Gasteiger partial charge in [0.2, 0.25) is 17.7 Å². The molecule has 3 N–H and O–H groups in total. The molecule has 1 aromatic carbocycles. The van der Waals surface area contributed by atoms with E-state index in [1.165, 1.54) is 0 Å². The quantitative estimate of drug-likeness (QED) is 0.718. The van der Waals surface area contributed by atoms with Gasteiger partial charge in [0.05, 0.1) is 12.3 Å². The molecular formula is C18H17N5O2. The van der Waals surface area contributed by atoms with Gasteiger partial charge in [0.25, 0.3) is 0 Å². The lowest BCUT2D eigenvalue weighted by Crippen LogP contribution is -2.10. The van der Waals surface area contributed by atoms with Crippen molar-refractivity contribution in [1.82, 2.24) is 15.0 Å². The van der Waals surface area contributed by atoms with E-state index in [1.807, 2.05) is 13.0 Å². The van der Waals surface area contributed by atoms with Crippen LogP contribution in [0.25, 0.3) is 11.3 Å². The number of anilines is 2. The third kappa shape index (κ3) is 4.08. The number of pyridine rings is 1. The van der Waals surface area contributed by atoms with Crippen LogP contribution >= 0.6 is 0 Å². The van der Waals surface area contributed by atoms with E-state index < -0.39 is 5.91 Å². The Hall–Kier alpha value is -3.48. The van der Waals surface area contributed by atoms with Crippen LogP contribution in [0.2, 0.25) is 0 Å². The Morgan fingerprint density at radius 2 is 1.92 bits per heavy atom. The largest absolute Gasteiger partial charge is 0.478 e. The predicted octanol–water partition coefficient (Wildman–Crippen LogP) is 2.78. The Kier molecular flexibility index (Phi) is 4.84. The van der Waals surface area contributed by atoms with E-state index in [0.717, 1.165) is 16.9 Å². The summed E-state index contributed by atoms with van der Waals surface area (Å²) in [6.45, 7) is 2.48. The smallest absolute Gasteiger partial charge is 0.248 e. The molecule has 0 fully saturated rings. The Labute approximate surface area is 144 Å². The van der Waals surface area contributed by atoms with Gasteiger partial charge in [-0.25, -0.2) is 15.0 Å². The highest BCUT2D eigenvalue weighted by Gasteiger charge is 2.05. The highest BCUT2D eigenvalue weighted by atomic mass is 16.5. The van der Waals surface area contributed by atoms with Crippen molar-refractivity contribution in [2.75, 3.05) is 11.9 Å². The Bertz CT molecular complexity index is 863. The average Bonchev–Trinajstić information content (AvgIpc) is 2.63. The Balaban J connectivity index is 1.77. The highest BCUT2D eigenvalue weighted by molar-refractivity contribution is 5.93. The van der Waals surface area contributed by atoms with Crippen LogP contribution in [0.15, 0.2) is 54.9 Å². The minimum absolute atomic E-state index is 0.443. The molecular weight excluding hydrogens is 318 g/mol. The summed E-state index contributed by atoms with van der Waals surface area (Å²) in [7, 11) is 0. The number of nitrogens with zero attached hydrogens (tertiary/aromatic N) is 3. The lowest BCUT2D eigenvalue weighted by Gasteiger charge is -2.07. The van der Waals surface area contributed by atoms with Gasteiger partial charge in [0, 0.05) is 35.3 Å². The minimum atomic E-state index is -0.465. The first-order valence-electron chi connectivity index (χ1n) is 7.75. The second-order valence-electron chi connectivity index (χ2n) is 5.15. The number of ether oxygens (including phenoxy) is 1. The number of primary amides is 1. The fourth-order valence-electron chi connectivity index (χ4n) is 2.19. The van der Waals surface area contributed by atoms with Gasteiger partial charge in [-0.3, -0.25) is 4.79 Å². The maximum Gasteiger partial charge on any atom is 0.248 e. The predicted molar refractivity (Wildman–Crippen MR) is 94.7 cm³/mol. The monoisotopic (exact) mass is 335 g/mol. The van der Waals surface area contributed by atoms with Gasteiger partial charge >= 0.3 is 0 Å². The third-order valence-electron chi connectivity index (χ3n) is 3.41. The second kappa shape index (κ2) is 7.39. The van der Waals surface area contributed by atoms with Crippen LogP contribution in [-0.2, 0) is 0 Å². The third-order valence-corrected chi connectivity index (χ3v) is 3.41. The van der Waals surface area contributed by atoms with Crippen LogP contribution in [-0.4, -0.2) is 27.5 Å². The van der Waals surface area contributed by atoms with Gasteiger partial charge in [-0.2, -0.15) is 0 Å². The number of benzene rings is 1. The molecule has 0 saturated carbocycles. The molecule has 0 unspecified atom stereocenters. The molecule has 3 rings (SSSR count). The van der Waals surface area contributed by atoms with Crippen LogP contribution in [0, 0.1) is 0 Å². The molecule has 0 spiro atoms. The summed E-state index contributed by atoms with van der Waals surface area (Å²) in [6.07, 6.45) is 3.37. The maximum atomic E-state index is 11.1. The number of nitrogens with two attached hydrogens (primary N) is 1. The Morgan fingerprint density at radius 1 is 1.12 bits per heavy atom. The zero-order valence-corrected chi connectivity index (χ0v) is 13.6.